The van der Waals surface area contributed by atoms with Crippen molar-refractivity contribution in [2.45, 2.75) is 9.79 Å². The second kappa shape index (κ2) is 26.3. The van der Waals surface area contributed by atoms with E-state index in [1.807, 2.05) is 0 Å². The number of ether oxygens (including phenoxy) is 1. The summed E-state index contributed by atoms with van der Waals surface area (Å²) in [6.07, 6.45) is 4.30. The van der Waals surface area contributed by atoms with Gasteiger partial charge in [0, 0.05) is 48.1 Å². The zero-order chi connectivity index (χ0) is 32.5. The number of aromatic nitrogens is 3. The summed E-state index contributed by atoms with van der Waals surface area (Å²) in [6, 6.07) is 9.13. The number of aliphatic hydroxyl groups is 1. The first-order chi connectivity index (χ1) is 21.8. The molecule has 0 amide bonds. The van der Waals surface area contributed by atoms with E-state index >= 15 is 0 Å². The number of anilines is 4. The molecule has 3 aromatic rings. The van der Waals surface area contributed by atoms with Crippen LogP contribution < -0.4 is 115 Å². The van der Waals surface area contributed by atoms with E-state index in [9.17, 15) is 23.5 Å². The van der Waals surface area contributed by atoms with Crippen molar-refractivity contribution in [3.05, 3.63) is 47.5 Å². The number of aliphatic hydroxyl groups excluding tert-OH is 1. The summed E-state index contributed by atoms with van der Waals surface area (Å²) in [5.41, 5.74) is 1.49. The monoisotopic (exact) mass is 753 g/mol. The first-order valence-electron chi connectivity index (χ1n) is 12.6. The molecular formula is C24H26N7Na3O11S3. The smallest absolute Gasteiger partial charge is 0.744 e. The molecule has 0 bridgehead atoms. The molecule has 1 heterocycles. The van der Waals surface area contributed by atoms with Gasteiger partial charge in [0.2, 0.25) is 11.9 Å². The van der Waals surface area contributed by atoms with Gasteiger partial charge in [-0.05, 0) is 35.4 Å². The fourth-order valence-corrected chi connectivity index (χ4v) is 4.82. The molecule has 3 rings (SSSR count). The molecule has 244 valence electrons. The third-order valence-corrected chi connectivity index (χ3v) is 7.24. The molecule has 0 aliphatic carbocycles. The van der Waals surface area contributed by atoms with Crippen molar-refractivity contribution in [1.29, 1.82) is 0 Å². The summed E-state index contributed by atoms with van der Waals surface area (Å²) in [6.45, 7) is 0.516. The summed E-state index contributed by atoms with van der Waals surface area (Å²) in [5.74, 6) is 0.0927. The van der Waals surface area contributed by atoms with Gasteiger partial charge in [-0.15, -0.1) is 0 Å². The van der Waals surface area contributed by atoms with E-state index in [-0.39, 0.29) is 150 Å². The SMILES string of the molecule is CNc1ccc(C=Cc2ccc(Nc3nc(/N=C\CSOO[O-])nc(NCCOCCO)n3)cc2S(=O)(=O)[O-])c(SOO[O-])c1.[Na+].[Na+].[Na+]. The molecule has 0 saturated carbocycles. The Morgan fingerprint density at radius 3 is 2.31 bits per heavy atom. The van der Waals surface area contributed by atoms with Gasteiger partial charge < -0.3 is 40.9 Å². The largest absolute Gasteiger partial charge is 1.00 e. The average molecular weight is 754 g/mol. The minimum atomic E-state index is -4.95. The van der Waals surface area contributed by atoms with Crippen LogP contribution in [0.5, 0.6) is 0 Å². The minimum absolute atomic E-state index is 0. The summed E-state index contributed by atoms with van der Waals surface area (Å²) in [5, 5.41) is 44.5. The van der Waals surface area contributed by atoms with Gasteiger partial charge in [0.15, 0.2) is 0 Å². The molecule has 0 radical (unpaired) electrons. The maximum absolute atomic E-state index is 12.2. The number of rotatable bonds is 20. The predicted molar refractivity (Wildman–Crippen MR) is 160 cm³/mol. The van der Waals surface area contributed by atoms with Crippen LogP contribution in [0.4, 0.5) is 29.2 Å². The van der Waals surface area contributed by atoms with Crippen molar-refractivity contribution in [3.63, 3.8) is 0 Å². The zero-order valence-electron chi connectivity index (χ0n) is 26.3. The minimum Gasteiger partial charge on any atom is -0.744 e. The topological polar surface area (TPSA) is 257 Å². The first kappa shape index (κ1) is 47.5. The van der Waals surface area contributed by atoms with Crippen molar-refractivity contribution in [3.8, 4) is 0 Å². The Balaban J connectivity index is 0.00000736. The van der Waals surface area contributed by atoms with Crippen LogP contribution >= 0.6 is 24.1 Å². The molecule has 0 fully saturated rings. The van der Waals surface area contributed by atoms with Gasteiger partial charge in [0.1, 0.15) is 10.1 Å². The molecule has 2 aromatic carbocycles. The third kappa shape index (κ3) is 17.2. The second-order valence-electron chi connectivity index (χ2n) is 8.16. The van der Waals surface area contributed by atoms with Crippen LogP contribution in [0.25, 0.3) is 12.2 Å². The van der Waals surface area contributed by atoms with Crippen molar-refractivity contribution in [2.24, 2.45) is 4.99 Å². The first-order valence-corrected chi connectivity index (χ1v) is 15.6. The Morgan fingerprint density at radius 1 is 0.938 bits per heavy atom. The molecule has 0 atom stereocenters. The molecule has 1 aromatic heterocycles. The molecule has 0 saturated heterocycles. The van der Waals surface area contributed by atoms with Crippen LogP contribution in [0.1, 0.15) is 11.1 Å². The van der Waals surface area contributed by atoms with Crippen LogP contribution in [0, 0.1) is 0 Å². The second-order valence-corrected chi connectivity index (χ2v) is 11.0. The van der Waals surface area contributed by atoms with Crippen LogP contribution in [0.3, 0.4) is 0 Å². The quantitative estimate of drug-likeness (QED) is 0.0122. The van der Waals surface area contributed by atoms with Gasteiger partial charge in [-0.1, -0.05) is 24.3 Å². The van der Waals surface area contributed by atoms with E-state index in [0.29, 0.717) is 40.2 Å². The predicted octanol–water partition coefficient (Wildman–Crippen LogP) is -8.03. The van der Waals surface area contributed by atoms with Gasteiger partial charge in [-0.2, -0.15) is 23.6 Å². The summed E-state index contributed by atoms with van der Waals surface area (Å²) in [4.78, 5) is 16.6. The fraction of sp³-hybridized carbons (Fsp3) is 0.250. The maximum atomic E-state index is 12.2. The Bertz CT molecular complexity index is 1570. The van der Waals surface area contributed by atoms with E-state index in [1.165, 1.54) is 30.5 Å². The van der Waals surface area contributed by atoms with E-state index in [1.54, 1.807) is 25.2 Å². The number of hydrogen-bond acceptors (Lipinski definition) is 20. The Labute approximate surface area is 351 Å². The summed E-state index contributed by atoms with van der Waals surface area (Å²) < 4.78 is 50.4. The van der Waals surface area contributed by atoms with Crippen LogP contribution in [-0.4, -0.2) is 78.4 Å². The van der Waals surface area contributed by atoms with Crippen molar-refractivity contribution < 1.29 is 141 Å². The molecule has 0 aliphatic heterocycles. The van der Waals surface area contributed by atoms with Crippen LogP contribution in [0.2, 0.25) is 0 Å². The molecule has 18 nitrogen and oxygen atoms in total. The fourth-order valence-electron chi connectivity index (χ4n) is 3.38. The van der Waals surface area contributed by atoms with Gasteiger partial charge in [0.25, 0.3) is 5.95 Å². The summed E-state index contributed by atoms with van der Waals surface area (Å²) >= 11 is 1.33. The Hall–Kier alpha value is -0.450. The standard InChI is InChI=1S/C24H29N7O11S3.3Na/c1-25-18-6-4-16(20(14-18)44-42-40-34)2-3-17-5-7-19(15-21(17)45(35,36)37)28-24-30-22(26-8-11-38-12-10-32)29-23(31-24)27-9-13-43-41-39-33;;;/h2-7,9,14-15,25,32-34H,8,10-13H2,1H3,(H,35,36,37)(H2,26,28,29,30,31);;;/q;3*+1/p-3/b3-2?,27-9-;;;. The van der Waals surface area contributed by atoms with Crippen LogP contribution in [0.15, 0.2) is 51.2 Å². The average Bonchev–Trinajstić information content (AvgIpc) is 3.02. The van der Waals surface area contributed by atoms with Gasteiger partial charge in [0.05, 0.1) is 42.5 Å². The zero-order valence-corrected chi connectivity index (χ0v) is 34.7. The number of hydrogen-bond donors (Lipinski definition) is 4. The normalized spacial score (nSPS) is 11.1. The van der Waals surface area contributed by atoms with Gasteiger partial charge >= 0.3 is 88.7 Å². The molecule has 24 heteroatoms. The van der Waals surface area contributed by atoms with Crippen molar-refractivity contribution in [1.82, 2.24) is 15.0 Å². The van der Waals surface area contributed by atoms with E-state index in [0.717, 1.165) is 6.07 Å². The Kier molecular flexibility index (Phi) is 26.1. The van der Waals surface area contributed by atoms with E-state index in [4.69, 9.17) is 9.84 Å². The molecule has 0 spiro atoms. The van der Waals surface area contributed by atoms with Crippen molar-refractivity contribution in [2.75, 3.05) is 55.1 Å². The Morgan fingerprint density at radius 2 is 1.62 bits per heavy atom. The van der Waals surface area contributed by atoms with Gasteiger partial charge in [-0.25, -0.2) is 13.4 Å². The number of nitrogens with zero attached hydrogens (tertiary/aromatic N) is 4. The molecule has 0 aliphatic rings. The maximum Gasteiger partial charge on any atom is 1.00 e. The molecule has 0 unspecified atom stereocenters. The van der Waals surface area contributed by atoms with Crippen LogP contribution in [-0.2, 0) is 33.6 Å². The van der Waals surface area contributed by atoms with E-state index in [2.05, 4.69) is 54.6 Å². The number of benzene rings is 2. The molecule has 48 heavy (non-hydrogen) atoms. The summed E-state index contributed by atoms with van der Waals surface area (Å²) in [7, 11) is -3.25. The van der Waals surface area contributed by atoms with Gasteiger partial charge in [-0.3, -0.25) is 10.1 Å². The number of nitrogens with one attached hydrogen (secondary N) is 3. The van der Waals surface area contributed by atoms with E-state index < -0.39 is 15.0 Å². The third-order valence-electron chi connectivity index (χ3n) is 5.25. The molecule has 4 N–H and O–H groups in total. The number of aliphatic imine (C=N–C) groups is 1. The van der Waals surface area contributed by atoms with Crippen molar-refractivity contribution >= 4 is 81.8 Å². The molecular weight excluding hydrogens is 727 g/mol.